The SMILES string of the molecule is NC(=S)c1ccc(S(=O)(=O)NCCN2CCCC2)cc1. The van der Waals surface area contributed by atoms with Crippen molar-refractivity contribution in [3.63, 3.8) is 0 Å². The number of rotatable bonds is 6. The first kappa shape index (κ1) is 15.4. The molecule has 110 valence electrons. The van der Waals surface area contributed by atoms with Crippen molar-refractivity contribution in [2.45, 2.75) is 17.7 Å². The molecule has 1 aliphatic heterocycles. The molecule has 20 heavy (non-hydrogen) atoms. The molecule has 1 aromatic rings. The van der Waals surface area contributed by atoms with Crippen molar-refractivity contribution in [1.29, 1.82) is 0 Å². The summed E-state index contributed by atoms with van der Waals surface area (Å²) in [5, 5.41) is 0. The van der Waals surface area contributed by atoms with Crippen LogP contribution in [0.25, 0.3) is 0 Å². The highest BCUT2D eigenvalue weighted by atomic mass is 32.2. The minimum Gasteiger partial charge on any atom is -0.389 e. The van der Waals surface area contributed by atoms with Gasteiger partial charge in [0.2, 0.25) is 10.0 Å². The molecule has 0 atom stereocenters. The number of hydrogen-bond donors (Lipinski definition) is 2. The molecule has 0 aromatic heterocycles. The molecule has 1 heterocycles. The Balaban J connectivity index is 1.93. The Kier molecular flexibility index (Phi) is 5.09. The van der Waals surface area contributed by atoms with E-state index < -0.39 is 10.0 Å². The zero-order chi connectivity index (χ0) is 14.6. The Morgan fingerprint density at radius 1 is 1.25 bits per heavy atom. The fourth-order valence-corrected chi connectivity index (χ4v) is 3.38. The van der Waals surface area contributed by atoms with Gasteiger partial charge in [0.25, 0.3) is 0 Å². The predicted octanol–water partition coefficient (Wildman–Crippen LogP) is 0.695. The van der Waals surface area contributed by atoms with Crippen molar-refractivity contribution < 1.29 is 8.42 Å². The van der Waals surface area contributed by atoms with E-state index in [1.54, 1.807) is 12.1 Å². The van der Waals surface area contributed by atoms with Crippen LogP contribution >= 0.6 is 12.2 Å². The van der Waals surface area contributed by atoms with Gasteiger partial charge in [-0.15, -0.1) is 0 Å². The molecule has 0 bridgehead atoms. The minimum absolute atomic E-state index is 0.235. The molecule has 2 rings (SSSR count). The van der Waals surface area contributed by atoms with Crippen molar-refractivity contribution >= 4 is 27.2 Å². The van der Waals surface area contributed by atoms with E-state index in [9.17, 15) is 8.42 Å². The van der Waals surface area contributed by atoms with Gasteiger partial charge >= 0.3 is 0 Å². The standard InChI is InChI=1S/C13H19N3O2S2/c14-13(19)11-3-5-12(6-4-11)20(17,18)15-7-10-16-8-1-2-9-16/h3-6,15H,1-2,7-10H2,(H2,14,19). The lowest BCUT2D eigenvalue weighted by molar-refractivity contribution is 0.344. The molecule has 0 amide bonds. The molecule has 7 heteroatoms. The van der Waals surface area contributed by atoms with Crippen LogP contribution in [0.2, 0.25) is 0 Å². The summed E-state index contributed by atoms with van der Waals surface area (Å²) in [5.74, 6) is 0. The smallest absolute Gasteiger partial charge is 0.240 e. The van der Waals surface area contributed by atoms with Crippen molar-refractivity contribution in [1.82, 2.24) is 9.62 Å². The Hall–Kier alpha value is -1.02. The number of likely N-dealkylation sites (tertiary alicyclic amines) is 1. The zero-order valence-electron chi connectivity index (χ0n) is 11.2. The molecule has 1 saturated heterocycles. The Morgan fingerprint density at radius 2 is 1.85 bits per heavy atom. The maximum absolute atomic E-state index is 12.1. The van der Waals surface area contributed by atoms with E-state index in [2.05, 4.69) is 9.62 Å². The summed E-state index contributed by atoms with van der Waals surface area (Å²) in [6.45, 7) is 3.30. The first-order chi connectivity index (χ1) is 9.49. The summed E-state index contributed by atoms with van der Waals surface area (Å²) in [7, 11) is -3.46. The number of thiocarbonyl (C=S) groups is 1. The van der Waals surface area contributed by atoms with E-state index >= 15 is 0 Å². The van der Waals surface area contributed by atoms with Crippen LogP contribution < -0.4 is 10.5 Å². The summed E-state index contributed by atoms with van der Waals surface area (Å²) < 4.78 is 26.8. The second-order valence-electron chi connectivity index (χ2n) is 4.84. The topological polar surface area (TPSA) is 75.4 Å². The third kappa shape index (κ3) is 3.99. The molecule has 0 radical (unpaired) electrons. The van der Waals surface area contributed by atoms with Crippen LogP contribution in [0.15, 0.2) is 29.2 Å². The molecule has 5 nitrogen and oxygen atoms in total. The fraction of sp³-hybridized carbons (Fsp3) is 0.462. The summed E-state index contributed by atoms with van der Waals surface area (Å²) in [4.78, 5) is 2.76. The van der Waals surface area contributed by atoms with Crippen LogP contribution in [0.5, 0.6) is 0 Å². The fourth-order valence-electron chi connectivity index (χ4n) is 2.23. The van der Waals surface area contributed by atoms with Gasteiger partial charge in [-0.3, -0.25) is 0 Å². The molecule has 0 saturated carbocycles. The second kappa shape index (κ2) is 6.62. The van der Waals surface area contributed by atoms with Gasteiger partial charge in [0.05, 0.1) is 4.90 Å². The van der Waals surface area contributed by atoms with Gasteiger partial charge in [0.15, 0.2) is 0 Å². The van der Waals surface area contributed by atoms with E-state index in [0.717, 1.165) is 19.6 Å². The van der Waals surface area contributed by atoms with Gasteiger partial charge < -0.3 is 10.6 Å². The maximum atomic E-state index is 12.1. The molecule has 0 unspecified atom stereocenters. The van der Waals surface area contributed by atoms with Crippen molar-refractivity contribution in [3.8, 4) is 0 Å². The third-order valence-corrected chi connectivity index (χ3v) is 5.08. The first-order valence-corrected chi connectivity index (χ1v) is 8.50. The quantitative estimate of drug-likeness (QED) is 0.756. The largest absolute Gasteiger partial charge is 0.389 e. The van der Waals surface area contributed by atoms with Crippen LogP contribution in [-0.4, -0.2) is 44.5 Å². The lowest BCUT2D eigenvalue weighted by atomic mass is 10.2. The van der Waals surface area contributed by atoms with E-state index in [0.29, 0.717) is 12.1 Å². The molecular weight excluding hydrogens is 294 g/mol. The highest BCUT2D eigenvalue weighted by Crippen LogP contribution is 2.11. The number of hydrogen-bond acceptors (Lipinski definition) is 4. The number of sulfonamides is 1. The summed E-state index contributed by atoms with van der Waals surface area (Å²) in [5.41, 5.74) is 6.15. The average molecular weight is 313 g/mol. The molecular formula is C13H19N3O2S2. The van der Waals surface area contributed by atoms with Crippen LogP contribution in [0.4, 0.5) is 0 Å². The van der Waals surface area contributed by atoms with Crippen molar-refractivity contribution in [2.75, 3.05) is 26.2 Å². The monoisotopic (exact) mass is 313 g/mol. The zero-order valence-corrected chi connectivity index (χ0v) is 12.8. The molecule has 1 fully saturated rings. The normalized spacial score (nSPS) is 16.4. The first-order valence-electron chi connectivity index (χ1n) is 6.61. The Labute approximate surface area is 125 Å². The molecule has 0 spiro atoms. The van der Waals surface area contributed by atoms with Gasteiger partial charge in [-0.05, 0) is 38.1 Å². The Bertz CT molecular complexity index is 564. The lowest BCUT2D eigenvalue weighted by Crippen LogP contribution is -2.33. The molecule has 3 N–H and O–H groups in total. The maximum Gasteiger partial charge on any atom is 0.240 e. The van der Waals surface area contributed by atoms with Crippen LogP contribution in [-0.2, 0) is 10.0 Å². The van der Waals surface area contributed by atoms with Gasteiger partial charge in [-0.2, -0.15) is 0 Å². The predicted molar refractivity (Wildman–Crippen MR) is 83.2 cm³/mol. The third-order valence-electron chi connectivity index (χ3n) is 3.37. The summed E-state index contributed by atoms with van der Waals surface area (Å²) >= 11 is 4.84. The molecule has 0 aliphatic carbocycles. The molecule has 1 aliphatic rings. The number of benzene rings is 1. The Morgan fingerprint density at radius 3 is 2.40 bits per heavy atom. The highest BCUT2D eigenvalue weighted by Gasteiger charge is 2.15. The van der Waals surface area contributed by atoms with E-state index in [4.69, 9.17) is 18.0 Å². The van der Waals surface area contributed by atoms with E-state index in [1.165, 1.54) is 25.0 Å². The summed E-state index contributed by atoms with van der Waals surface area (Å²) in [6.07, 6.45) is 2.40. The number of nitrogens with one attached hydrogen (secondary N) is 1. The van der Waals surface area contributed by atoms with Crippen LogP contribution in [0.1, 0.15) is 18.4 Å². The minimum atomic E-state index is -3.46. The van der Waals surface area contributed by atoms with Gasteiger partial charge in [0, 0.05) is 18.7 Å². The van der Waals surface area contributed by atoms with Gasteiger partial charge in [0.1, 0.15) is 4.99 Å². The van der Waals surface area contributed by atoms with Crippen LogP contribution in [0.3, 0.4) is 0 Å². The summed E-state index contributed by atoms with van der Waals surface area (Å²) in [6, 6.07) is 6.29. The molecule has 1 aromatic carbocycles. The van der Waals surface area contributed by atoms with Crippen molar-refractivity contribution in [2.24, 2.45) is 5.73 Å². The number of nitrogens with two attached hydrogens (primary N) is 1. The highest BCUT2D eigenvalue weighted by molar-refractivity contribution is 7.89. The average Bonchev–Trinajstić information content (AvgIpc) is 2.92. The van der Waals surface area contributed by atoms with E-state index in [1.807, 2.05) is 0 Å². The van der Waals surface area contributed by atoms with Gasteiger partial charge in [-0.25, -0.2) is 13.1 Å². The second-order valence-corrected chi connectivity index (χ2v) is 7.04. The number of nitrogens with zero attached hydrogens (tertiary/aromatic N) is 1. The van der Waals surface area contributed by atoms with Crippen LogP contribution in [0, 0.1) is 0 Å². The van der Waals surface area contributed by atoms with E-state index in [-0.39, 0.29) is 9.88 Å². The van der Waals surface area contributed by atoms with Crippen molar-refractivity contribution in [3.05, 3.63) is 29.8 Å². The van der Waals surface area contributed by atoms with Gasteiger partial charge in [-0.1, -0.05) is 24.4 Å². The lowest BCUT2D eigenvalue weighted by Gasteiger charge is -2.14.